The number of nitrogens with zero attached hydrogens (tertiary/aromatic N) is 4. The van der Waals surface area contributed by atoms with Crippen LogP contribution in [0.5, 0.6) is 0 Å². The Bertz CT molecular complexity index is 773. The van der Waals surface area contributed by atoms with Crippen molar-refractivity contribution in [2.75, 3.05) is 12.4 Å². The van der Waals surface area contributed by atoms with E-state index in [-0.39, 0.29) is 17.8 Å². The van der Waals surface area contributed by atoms with Gasteiger partial charge < -0.3 is 10.1 Å². The molecule has 0 fully saturated rings. The smallest absolute Gasteiger partial charge is 0.330 e. The van der Waals surface area contributed by atoms with Gasteiger partial charge in [-0.3, -0.25) is 10.1 Å². The van der Waals surface area contributed by atoms with E-state index in [1.165, 1.54) is 31.7 Å². The van der Waals surface area contributed by atoms with Gasteiger partial charge in [-0.1, -0.05) is 6.07 Å². The summed E-state index contributed by atoms with van der Waals surface area (Å²) < 4.78 is 6.18. The Morgan fingerprint density at radius 3 is 2.80 bits per heavy atom. The van der Waals surface area contributed by atoms with E-state index < -0.39 is 10.9 Å². The van der Waals surface area contributed by atoms with Crippen LogP contribution in [0, 0.1) is 10.1 Å². The third-order valence-electron chi connectivity index (χ3n) is 3.79. The van der Waals surface area contributed by atoms with Crippen LogP contribution in [0.1, 0.15) is 25.5 Å². The Morgan fingerprint density at radius 2 is 2.20 bits per heavy atom. The number of hydrogen-bond donors (Lipinski definition) is 1. The number of ether oxygens (including phenoxy) is 1. The van der Waals surface area contributed by atoms with E-state index in [1.54, 1.807) is 23.1 Å². The maximum atomic E-state index is 11.4. The van der Waals surface area contributed by atoms with E-state index >= 15 is 0 Å². The molecule has 0 bridgehead atoms. The van der Waals surface area contributed by atoms with Crippen molar-refractivity contribution in [3.8, 4) is 0 Å². The van der Waals surface area contributed by atoms with E-state index in [4.69, 9.17) is 0 Å². The Balaban J connectivity index is 2.21. The number of anilines is 1. The monoisotopic (exact) mass is 345 g/mol. The van der Waals surface area contributed by atoms with Crippen LogP contribution in [0.25, 0.3) is 6.08 Å². The summed E-state index contributed by atoms with van der Waals surface area (Å²) in [5.41, 5.74) is 0.837. The van der Waals surface area contributed by atoms with E-state index in [1.807, 2.05) is 13.8 Å². The second kappa shape index (κ2) is 8.04. The number of rotatable bonds is 7. The second-order valence-electron chi connectivity index (χ2n) is 5.44. The molecule has 2 atom stereocenters. The van der Waals surface area contributed by atoms with Crippen LogP contribution in [0.2, 0.25) is 0 Å². The van der Waals surface area contributed by atoms with Crippen molar-refractivity contribution in [1.29, 1.82) is 0 Å². The molecule has 0 aliphatic heterocycles. The lowest BCUT2D eigenvalue weighted by Gasteiger charge is -2.22. The highest BCUT2D eigenvalue weighted by Crippen LogP contribution is 2.28. The molecule has 2 rings (SSSR count). The molecule has 0 spiro atoms. The number of nitrogens with one attached hydrogen (secondary N) is 1. The third kappa shape index (κ3) is 4.63. The standard InChI is InChI=1S/C16H19N5O4/c1-11(12(2)20-10-17-9-18-20)19-14-6-4-13(5-7-16(22)25-3)8-15(14)21(23)24/h4-12,19H,1-3H3/b7-5-. The lowest BCUT2D eigenvalue weighted by molar-refractivity contribution is -0.384. The zero-order valence-corrected chi connectivity index (χ0v) is 14.1. The van der Waals surface area contributed by atoms with Crippen LogP contribution < -0.4 is 5.32 Å². The van der Waals surface area contributed by atoms with Gasteiger partial charge in [-0.15, -0.1) is 0 Å². The van der Waals surface area contributed by atoms with Crippen molar-refractivity contribution >= 4 is 23.4 Å². The largest absolute Gasteiger partial charge is 0.466 e. The number of methoxy groups -OCH3 is 1. The summed E-state index contributed by atoms with van der Waals surface area (Å²) in [5.74, 6) is -0.528. The molecule has 25 heavy (non-hydrogen) atoms. The molecule has 1 N–H and O–H groups in total. The van der Waals surface area contributed by atoms with Gasteiger partial charge in [0.2, 0.25) is 0 Å². The molecule has 1 aromatic carbocycles. The summed E-state index contributed by atoms with van der Waals surface area (Å²) in [6.45, 7) is 3.84. The zero-order valence-electron chi connectivity index (χ0n) is 14.1. The SMILES string of the molecule is COC(=O)/C=C\c1ccc(NC(C)C(C)n2cncn2)c([N+](=O)[O-])c1. The van der Waals surface area contributed by atoms with Gasteiger partial charge in [-0.05, 0) is 31.6 Å². The van der Waals surface area contributed by atoms with Crippen molar-refractivity contribution in [2.45, 2.75) is 25.9 Å². The normalized spacial score (nSPS) is 13.4. The van der Waals surface area contributed by atoms with Gasteiger partial charge in [0.25, 0.3) is 5.69 Å². The van der Waals surface area contributed by atoms with Gasteiger partial charge in [-0.25, -0.2) is 14.5 Å². The topological polar surface area (TPSA) is 112 Å². The van der Waals surface area contributed by atoms with Crippen molar-refractivity contribution in [2.24, 2.45) is 0 Å². The van der Waals surface area contributed by atoms with E-state index in [9.17, 15) is 14.9 Å². The first-order chi connectivity index (χ1) is 11.9. The summed E-state index contributed by atoms with van der Waals surface area (Å²) in [6.07, 6.45) is 5.71. The number of carbonyl (C=O) groups is 1. The molecule has 0 saturated carbocycles. The Labute approximate surface area is 144 Å². The number of benzene rings is 1. The first kappa shape index (κ1) is 18.1. The molecule has 0 saturated heterocycles. The van der Waals surface area contributed by atoms with Crippen LogP contribution in [0.15, 0.2) is 36.9 Å². The number of nitro groups is 1. The van der Waals surface area contributed by atoms with Gasteiger partial charge in [0.05, 0.1) is 18.1 Å². The van der Waals surface area contributed by atoms with Crippen molar-refractivity contribution in [1.82, 2.24) is 14.8 Å². The first-order valence-corrected chi connectivity index (χ1v) is 7.57. The van der Waals surface area contributed by atoms with Gasteiger partial charge in [0.15, 0.2) is 0 Å². The van der Waals surface area contributed by atoms with E-state index in [2.05, 4.69) is 20.1 Å². The molecular formula is C16H19N5O4. The summed E-state index contributed by atoms with van der Waals surface area (Å²) in [5, 5.41) is 18.6. The number of nitro benzene ring substituents is 1. The van der Waals surface area contributed by atoms with Crippen LogP contribution in [0.4, 0.5) is 11.4 Å². The van der Waals surface area contributed by atoms with Crippen LogP contribution in [0.3, 0.4) is 0 Å². The van der Waals surface area contributed by atoms with Crippen molar-refractivity contribution in [3.05, 3.63) is 52.6 Å². The molecule has 1 aromatic heterocycles. The Hall–Kier alpha value is -3.23. The van der Waals surface area contributed by atoms with Gasteiger partial charge in [0, 0.05) is 18.2 Å². The highest BCUT2D eigenvalue weighted by atomic mass is 16.6. The maximum absolute atomic E-state index is 11.4. The Morgan fingerprint density at radius 1 is 1.44 bits per heavy atom. The van der Waals surface area contributed by atoms with Crippen molar-refractivity contribution < 1.29 is 14.5 Å². The molecular weight excluding hydrogens is 326 g/mol. The minimum absolute atomic E-state index is 0.0546. The minimum Gasteiger partial charge on any atom is -0.466 e. The van der Waals surface area contributed by atoms with E-state index in [0.29, 0.717) is 11.3 Å². The highest BCUT2D eigenvalue weighted by molar-refractivity contribution is 5.87. The fourth-order valence-corrected chi connectivity index (χ4v) is 2.18. The number of carbonyl (C=O) groups excluding carboxylic acids is 1. The summed E-state index contributed by atoms with van der Waals surface area (Å²) >= 11 is 0. The summed E-state index contributed by atoms with van der Waals surface area (Å²) in [4.78, 5) is 25.9. The molecule has 9 nitrogen and oxygen atoms in total. The molecule has 0 amide bonds. The minimum atomic E-state index is -0.528. The van der Waals surface area contributed by atoms with Crippen LogP contribution >= 0.6 is 0 Å². The van der Waals surface area contributed by atoms with Crippen LogP contribution in [-0.2, 0) is 9.53 Å². The molecule has 0 aliphatic carbocycles. The summed E-state index contributed by atoms with van der Waals surface area (Å²) in [7, 11) is 1.26. The quantitative estimate of drug-likeness (QED) is 0.355. The molecule has 0 radical (unpaired) electrons. The predicted molar refractivity (Wildman–Crippen MR) is 92.0 cm³/mol. The Kier molecular flexibility index (Phi) is 5.83. The van der Waals surface area contributed by atoms with Crippen molar-refractivity contribution in [3.63, 3.8) is 0 Å². The molecule has 2 unspecified atom stereocenters. The molecule has 2 aromatic rings. The predicted octanol–water partition coefficient (Wildman–Crippen LogP) is 2.43. The fourth-order valence-electron chi connectivity index (χ4n) is 2.18. The second-order valence-corrected chi connectivity index (χ2v) is 5.44. The number of esters is 1. The number of hydrogen-bond acceptors (Lipinski definition) is 7. The molecule has 0 aliphatic rings. The van der Waals surface area contributed by atoms with Gasteiger partial charge in [0.1, 0.15) is 18.3 Å². The lowest BCUT2D eigenvalue weighted by atomic mass is 10.1. The van der Waals surface area contributed by atoms with Crippen LogP contribution in [-0.4, -0.2) is 38.8 Å². The average Bonchev–Trinajstić information content (AvgIpc) is 3.14. The molecule has 132 valence electrons. The third-order valence-corrected chi connectivity index (χ3v) is 3.79. The molecule has 1 heterocycles. The highest BCUT2D eigenvalue weighted by Gasteiger charge is 2.20. The molecule has 9 heteroatoms. The fraction of sp³-hybridized carbons (Fsp3) is 0.312. The van der Waals surface area contributed by atoms with E-state index in [0.717, 1.165) is 0 Å². The first-order valence-electron chi connectivity index (χ1n) is 7.57. The van der Waals surface area contributed by atoms with Gasteiger partial charge >= 0.3 is 5.97 Å². The zero-order chi connectivity index (χ0) is 18.4. The number of aromatic nitrogens is 3. The lowest BCUT2D eigenvalue weighted by Crippen LogP contribution is -2.27. The maximum Gasteiger partial charge on any atom is 0.330 e. The summed E-state index contributed by atoms with van der Waals surface area (Å²) in [6, 6.07) is 4.51. The average molecular weight is 345 g/mol. The van der Waals surface area contributed by atoms with Gasteiger partial charge in [-0.2, -0.15) is 5.10 Å².